The van der Waals surface area contributed by atoms with Crippen molar-refractivity contribution in [1.29, 1.82) is 0 Å². The average Bonchev–Trinajstić information content (AvgIpc) is 2.95. The predicted octanol–water partition coefficient (Wildman–Crippen LogP) is 4.44. The number of carbonyl (C=O) groups excluding carboxylic acids is 1. The van der Waals surface area contributed by atoms with E-state index < -0.39 is 0 Å². The average molecular weight is 344 g/mol. The minimum Gasteiger partial charge on any atom is -0.493 e. The third-order valence-electron chi connectivity index (χ3n) is 4.23. The molecule has 128 valence electrons. The Bertz CT molecular complexity index is 701. The molecule has 1 aliphatic rings. The van der Waals surface area contributed by atoms with E-state index >= 15 is 0 Å². The van der Waals surface area contributed by atoms with Crippen molar-refractivity contribution < 1.29 is 9.53 Å². The predicted molar refractivity (Wildman–Crippen MR) is 98.0 cm³/mol. The van der Waals surface area contributed by atoms with Gasteiger partial charge in [0.2, 0.25) is 5.91 Å². The Kier molecular flexibility index (Phi) is 5.51. The van der Waals surface area contributed by atoms with Crippen molar-refractivity contribution in [2.24, 2.45) is 0 Å². The summed E-state index contributed by atoms with van der Waals surface area (Å²) in [7, 11) is 0. The minimum atomic E-state index is 0.0188. The number of fused-ring (bicyclic) bond motifs is 1. The van der Waals surface area contributed by atoms with Crippen LogP contribution in [0.4, 0.5) is 5.13 Å². The van der Waals surface area contributed by atoms with E-state index in [2.05, 4.69) is 23.3 Å². The summed E-state index contributed by atoms with van der Waals surface area (Å²) in [6, 6.07) is 6.14. The van der Waals surface area contributed by atoms with Crippen LogP contribution in [0.25, 0.3) is 0 Å². The molecule has 3 rings (SSSR count). The Morgan fingerprint density at radius 1 is 1.29 bits per heavy atom. The third-order valence-corrected chi connectivity index (χ3v) is 5.30. The zero-order valence-corrected chi connectivity index (χ0v) is 15.2. The Morgan fingerprint density at radius 2 is 2.12 bits per heavy atom. The van der Waals surface area contributed by atoms with Gasteiger partial charge in [0.15, 0.2) is 5.13 Å². The molecule has 0 unspecified atom stereocenters. The normalized spacial score (nSPS) is 13.4. The molecule has 1 N–H and O–H groups in total. The SMILES string of the molecule is Cc1ccc(OCCCC(=O)Nc2nc3c(s2)CCCC3)c(C)c1. The van der Waals surface area contributed by atoms with Gasteiger partial charge < -0.3 is 10.1 Å². The monoisotopic (exact) mass is 344 g/mol. The Balaban J connectivity index is 1.42. The Morgan fingerprint density at radius 3 is 2.92 bits per heavy atom. The minimum absolute atomic E-state index is 0.0188. The van der Waals surface area contributed by atoms with E-state index in [4.69, 9.17) is 4.74 Å². The zero-order chi connectivity index (χ0) is 16.9. The van der Waals surface area contributed by atoms with Crippen LogP contribution in [0.5, 0.6) is 5.75 Å². The molecule has 0 saturated carbocycles. The molecule has 0 bridgehead atoms. The van der Waals surface area contributed by atoms with Crippen molar-refractivity contribution in [3.8, 4) is 5.75 Å². The highest BCUT2D eigenvalue weighted by atomic mass is 32.1. The van der Waals surface area contributed by atoms with E-state index in [1.807, 2.05) is 19.1 Å². The number of nitrogens with one attached hydrogen (secondary N) is 1. The van der Waals surface area contributed by atoms with Crippen LogP contribution in [0, 0.1) is 13.8 Å². The molecule has 4 nitrogen and oxygen atoms in total. The second-order valence-corrected chi connectivity index (χ2v) is 7.45. The van der Waals surface area contributed by atoms with Crippen molar-refractivity contribution in [2.45, 2.75) is 52.4 Å². The van der Waals surface area contributed by atoms with Gasteiger partial charge in [-0.15, -0.1) is 11.3 Å². The number of amides is 1. The lowest BCUT2D eigenvalue weighted by atomic mass is 10.0. The van der Waals surface area contributed by atoms with Crippen molar-refractivity contribution in [3.63, 3.8) is 0 Å². The second-order valence-electron chi connectivity index (χ2n) is 6.37. The number of hydrogen-bond donors (Lipinski definition) is 1. The van der Waals surface area contributed by atoms with Gasteiger partial charge in [0.05, 0.1) is 12.3 Å². The summed E-state index contributed by atoms with van der Waals surface area (Å²) >= 11 is 1.63. The fourth-order valence-corrected chi connectivity index (χ4v) is 4.03. The highest BCUT2D eigenvalue weighted by Gasteiger charge is 2.16. The lowest BCUT2D eigenvalue weighted by Gasteiger charge is -2.09. The number of anilines is 1. The molecule has 24 heavy (non-hydrogen) atoms. The van der Waals surface area contributed by atoms with Crippen LogP contribution in [0.2, 0.25) is 0 Å². The highest BCUT2D eigenvalue weighted by molar-refractivity contribution is 7.15. The number of thiazole rings is 1. The molecule has 1 aliphatic carbocycles. The van der Waals surface area contributed by atoms with Crippen molar-refractivity contribution >= 4 is 22.4 Å². The van der Waals surface area contributed by atoms with E-state index in [1.165, 1.54) is 29.0 Å². The van der Waals surface area contributed by atoms with Gasteiger partial charge in [0, 0.05) is 11.3 Å². The lowest BCUT2D eigenvalue weighted by molar-refractivity contribution is -0.116. The molecule has 0 fully saturated rings. The van der Waals surface area contributed by atoms with E-state index in [1.54, 1.807) is 11.3 Å². The Labute approximate surface area is 147 Å². The fraction of sp³-hybridized carbons (Fsp3) is 0.474. The highest BCUT2D eigenvalue weighted by Crippen LogP contribution is 2.29. The smallest absolute Gasteiger partial charge is 0.226 e. The van der Waals surface area contributed by atoms with E-state index in [9.17, 15) is 4.79 Å². The molecular weight excluding hydrogens is 320 g/mol. The Hall–Kier alpha value is -1.88. The molecule has 0 radical (unpaired) electrons. The first kappa shape index (κ1) is 17.0. The van der Waals surface area contributed by atoms with Crippen LogP contribution >= 0.6 is 11.3 Å². The summed E-state index contributed by atoms with van der Waals surface area (Å²) in [5, 5.41) is 3.68. The number of aryl methyl sites for hydroxylation is 4. The standard InChI is InChI=1S/C19H24N2O2S/c1-13-9-10-16(14(2)12-13)23-11-5-8-18(22)21-19-20-15-6-3-4-7-17(15)24-19/h9-10,12H,3-8,11H2,1-2H3,(H,20,21,22). The molecule has 0 spiro atoms. The third kappa shape index (κ3) is 4.35. The molecule has 0 atom stereocenters. The van der Waals surface area contributed by atoms with Crippen LogP contribution in [-0.4, -0.2) is 17.5 Å². The molecule has 5 heteroatoms. The van der Waals surface area contributed by atoms with Gasteiger partial charge >= 0.3 is 0 Å². The van der Waals surface area contributed by atoms with Gasteiger partial charge in [-0.05, 0) is 57.6 Å². The summed E-state index contributed by atoms with van der Waals surface area (Å²) < 4.78 is 5.77. The molecule has 2 aromatic rings. The topological polar surface area (TPSA) is 51.2 Å². The van der Waals surface area contributed by atoms with Gasteiger partial charge in [-0.2, -0.15) is 0 Å². The number of benzene rings is 1. The number of aromatic nitrogens is 1. The van der Waals surface area contributed by atoms with Crippen LogP contribution < -0.4 is 10.1 Å². The molecule has 0 aliphatic heterocycles. The maximum absolute atomic E-state index is 12.0. The first-order chi connectivity index (χ1) is 11.6. The maximum Gasteiger partial charge on any atom is 0.226 e. The molecule has 1 amide bonds. The molecule has 1 aromatic carbocycles. The summed E-state index contributed by atoms with van der Waals surface area (Å²) in [6.07, 6.45) is 5.75. The maximum atomic E-state index is 12.0. The number of nitrogens with zero attached hydrogens (tertiary/aromatic N) is 1. The van der Waals surface area contributed by atoms with Crippen LogP contribution in [0.1, 0.15) is 47.4 Å². The van der Waals surface area contributed by atoms with Gasteiger partial charge in [0.1, 0.15) is 5.75 Å². The number of carbonyl (C=O) groups is 1. The van der Waals surface area contributed by atoms with Crippen LogP contribution in [-0.2, 0) is 17.6 Å². The van der Waals surface area contributed by atoms with E-state index in [-0.39, 0.29) is 5.91 Å². The lowest BCUT2D eigenvalue weighted by Crippen LogP contribution is -2.12. The largest absolute Gasteiger partial charge is 0.493 e. The fourth-order valence-electron chi connectivity index (χ4n) is 2.96. The summed E-state index contributed by atoms with van der Waals surface area (Å²) in [4.78, 5) is 17.9. The number of rotatable bonds is 6. The van der Waals surface area contributed by atoms with Gasteiger partial charge in [-0.3, -0.25) is 4.79 Å². The molecule has 1 heterocycles. The van der Waals surface area contributed by atoms with Crippen molar-refractivity contribution in [2.75, 3.05) is 11.9 Å². The van der Waals surface area contributed by atoms with E-state index in [0.29, 0.717) is 19.4 Å². The second kappa shape index (κ2) is 7.79. The first-order valence-electron chi connectivity index (χ1n) is 8.60. The van der Waals surface area contributed by atoms with Crippen molar-refractivity contribution in [1.82, 2.24) is 4.98 Å². The zero-order valence-electron chi connectivity index (χ0n) is 14.4. The summed E-state index contributed by atoms with van der Waals surface area (Å²) in [6.45, 7) is 4.66. The summed E-state index contributed by atoms with van der Waals surface area (Å²) in [5.74, 6) is 0.916. The molecule has 0 saturated heterocycles. The van der Waals surface area contributed by atoms with Gasteiger partial charge in [-0.1, -0.05) is 17.7 Å². The van der Waals surface area contributed by atoms with Crippen LogP contribution in [0.15, 0.2) is 18.2 Å². The van der Waals surface area contributed by atoms with Gasteiger partial charge in [-0.25, -0.2) is 4.98 Å². The van der Waals surface area contributed by atoms with Crippen molar-refractivity contribution in [3.05, 3.63) is 39.9 Å². The summed E-state index contributed by atoms with van der Waals surface area (Å²) in [5.41, 5.74) is 3.54. The number of ether oxygens (including phenoxy) is 1. The molecular formula is C19H24N2O2S. The first-order valence-corrected chi connectivity index (χ1v) is 9.42. The number of hydrogen-bond acceptors (Lipinski definition) is 4. The quantitative estimate of drug-likeness (QED) is 0.788. The van der Waals surface area contributed by atoms with Crippen LogP contribution in [0.3, 0.4) is 0 Å². The van der Waals surface area contributed by atoms with E-state index in [0.717, 1.165) is 29.3 Å². The van der Waals surface area contributed by atoms with Gasteiger partial charge in [0.25, 0.3) is 0 Å². The molecule has 1 aromatic heterocycles.